The summed E-state index contributed by atoms with van der Waals surface area (Å²) in [5.74, 6) is 0.488. The second-order valence-electron chi connectivity index (χ2n) is 14.6. The van der Waals surface area contributed by atoms with Gasteiger partial charge in [-0.15, -0.1) is 0 Å². The molecule has 4 aromatic rings. The van der Waals surface area contributed by atoms with E-state index >= 15 is 0 Å². The largest absolute Gasteiger partial charge is 0.477 e. The van der Waals surface area contributed by atoms with Crippen LogP contribution in [0.15, 0.2) is 73.1 Å². The van der Waals surface area contributed by atoms with Crippen LogP contribution < -0.4 is 36.0 Å². The smallest absolute Gasteiger partial charge is 0.354 e. The van der Waals surface area contributed by atoms with Gasteiger partial charge in [0, 0.05) is 65.8 Å². The Morgan fingerprint density at radius 3 is 1.63 bits per heavy atom. The van der Waals surface area contributed by atoms with Crippen LogP contribution in [0.5, 0.6) is 0 Å². The maximum atomic E-state index is 13.1. The Morgan fingerprint density at radius 2 is 1.21 bits per heavy atom. The molecule has 2 fully saturated rings. The van der Waals surface area contributed by atoms with Crippen LogP contribution >= 0.6 is 27.0 Å². The molecule has 4 bridgehead atoms. The molecule has 0 saturated carbocycles. The summed E-state index contributed by atoms with van der Waals surface area (Å²) >= 11 is 0. The molecule has 4 aromatic heterocycles. The van der Waals surface area contributed by atoms with Gasteiger partial charge in [0.05, 0.1) is 48.9 Å². The molecule has 7 N–H and O–H groups in total. The molecule has 0 aliphatic carbocycles. The fraction of sp³-hybridized carbons (Fsp3) is 0.415. The van der Waals surface area contributed by atoms with Gasteiger partial charge in [-0.1, -0.05) is 12.1 Å². The van der Waals surface area contributed by atoms with E-state index in [0.717, 1.165) is 50.4 Å². The lowest BCUT2D eigenvalue weighted by Gasteiger charge is -2.35. The summed E-state index contributed by atoms with van der Waals surface area (Å²) in [5.41, 5.74) is 6.87. The van der Waals surface area contributed by atoms with Crippen LogP contribution in [-0.4, -0.2) is 144 Å². The average Bonchev–Trinajstić information content (AvgIpc) is 3.89. The van der Waals surface area contributed by atoms with E-state index in [0.29, 0.717) is 36.3 Å². The topological polar surface area (TPSA) is 262 Å². The molecule has 0 radical (unpaired) electrons. The first-order valence-corrected chi connectivity index (χ1v) is 19.9. The highest BCUT2D eigenvalue weighted by atomic mass is 32.1. The van der Waals surface area contributed by atoms with E-state index in [4.69, 9.17) is 15.6 Å². The first-order chi connectivity index (χ1) is 29.5. The minimum absolute atomic E-state index is 0. The maximum absolute atomic E-state index is 13.1. The number of anilines is 6. The molecular weight excluding hydrogens is 855 g/mol. The number of nitrogens with zero attached hydrogens (tertiary/aromatic N) is 8. The van der Waals surface area contributed by atoms with E-state index in [2.05, 4.69) is 45.1 Å². The number of aliphatic hydroxyl groups excluding tert-OH is 2. The number of aliphatic hydroxyl groups is 2. The van der Waals surface area contributed by atoms with Gasteiger partial charge in [-0.05, 0) is 67.8 Å². The molecule has 22 heteroatoms. The number of methoxy groups -OCH3 is 2. The van der Waals surface area contributed by atoms with Crippen LogP contribution in [0.3, 0.4) is 0 Å². The molecule has 340 valence electrons. The van der Waals surface area contributed by atoms with Crippen LogP contribution in [-0.2, 0) is 9.47 Å². The molecule has 8 rings (SSSR count). The Morgan fingerprint density at radius 1 is 0.730 bits per heavy atom. The highest BCUT2D eigenvalue weighted by molar-refractivity contribution is 7.59. The number of ether oxygens (including phenoxy) is 2. The maximum Gasteiger partial charge on any atom is 0.354 e. The van der Waals surface area contributed by atoms with Crippen molar-refractivity contribution in [3.63, 3.8) is 0 Å². The van der Waals surface area contributed by atoms with Crippen molar-refractivity contribution >= 4 is 85.5 Å². The van der Waals surface area contributed by atoms with Crippen molar-refractivity contribution in [2.45, 2.75) is 50.0 Å². The number of pyridine rings is 4. The van der Waals surface area contributed by atoms with Crippen molar-refractivity contribution < 1.29 is 44.0 Å². The van der Waals surface area contributed by atoms with Crippen LogP contribution in [0.25, 0.3) is 0 Å². The van der Waals surface area contributed by atoms with E-state index in [9.17, 15) is 29.4 Å². The van der Waals surface area contributed by atoms with Crippen LogP contribution in [0, 0.1) is 0 Å². The Kier molecular flexibility index (Phi) is 18.8. The van der Waals surface area contributed by atoms with Gasteiger partial charge in [-0.2, -0.15) is 27.0 Å². The number of nitrogens with one attached hydrogen (secondary N) is 2. The summed E-state index contributed by atoms with van der Waals surface area (Å²) in [6.07, 6.45) is 4.12. The summed E-state index contributed by atoms with van der Waals surface area (Å²) in [6.45, 7) is 3.90. The highest BCUT2D eigenvalue weighted by Gasteiger charge is 2.42. The average molecular weight is 910 g/mol. The molecule has 63 heavy (non-hydrogen) atoms. The van der Waals surface area contributed by atoms with Gasteiger partial charge >= 0.3 is 18.0 Å². The lowest BCUT2D eigenvalue weighted by atomic mass is 10.1. The second-order valence-corrected chi connectivity index (χ2v) is 14.6. The van der Waals surface area contributed by atoms with Crippen molar-refractivity contribution in [1.29, 1.82) is 0 Å². The normalized spacial score (nSPS) is 17.2. The number of carbonyl (C=O) groups excluding carboxylic acids is 3. The number of urea groups is 2. The molecule has 2 unspecified atom stereocenters. The molecule has 4 aliphatic rings. The fourth-order valence-corrected chi connectivity index (χ4v) is 7.39. The molecule has 0 spiro atoms. The molecule has 8 heterocycles. The Balaban J connectivity index is 0.000000238. The number of carboxylic acids is 1. The van der Waals surface area contributed by atoms with E-state index in [1.807, 2.05) is 6.07 Å². The molecule has 4 atom stereocenters. The van der Waals surface area contributed by atoms with E-state index < -0.39 is 18.2 Å². The number of Topliss-reactive ketones (excluding diaryl/α,β-unsaturated/α-hetero) is 1. The number of nitrogens with two attached hydrogens (primary N) is 1. The lowest BCUT2D eigenvalue weighted by Crippen LogP contribution is -2.48. The van der Waals surface area contributed by atoms with E-state index in [-0.39, 0.29) is 87.9 Å². The summed E-state index contributed by atoms with van der Waals surface area (Å²) in [6, 6.07) is 16.6. The van der Waals surface area contributed by atoms with Gasteiger partial charge < -0.3 is 40.3 Å². The Hall–Kier alpha value is -5.62. The summed E-state index contributed by atoms with van der Waals surface area (Å²) in [5, 5.41) is 33.2. The summed E-state index contributed by atoms with van der Waals surface area (Å²) < 4.78 is 9.46. The Bertz CT molecular complexity index is 2150. The van der Waals surface area contributed by atoms with Crippen LogP contribution in [0.1, 0.15) is 46.7 Å². The predicted molar refractivity (Wildman–Crippen MR) is 247 cm³/mol. The third-order valence-electron chi connectivity index (χ3n) is 10.3. The van der Waals surface area contributed by atoms with Gasteiger partial charge in [0.2, 0.25) is 0 Å². The zero-order valence-corrected chi connectivity index (χ0v) is 37.0. The number of hydrogen-bond donors (Lipinski definition) is 6. The van der Waals surface area contributed by atoms with Crippen LogP contribution in [0.2, 0.25) is 0 Å². The van der Waals surface area contributed by atoms with Gasteiger partial charge in [0.15, 0.2) is 23.1 Å². The van der Waals surface area contributed by atoms with Gasteiger partial charge in [0.1, 0.15) is 17.3 Å². The number of rotatable bonds is 12. The number of aromatic carboxylic acids is 1. The molecule has 4 amide bonds. The number of hydrogen-bond acceptors (Lipinski definition) is 15. The van der Waals surface area contributed by atoms with Crippen LogP contribution in [0.4, 0.5) is 44.2 Å². The molecule has 20 nitrogen and oxygen atoms in total. The quantitative estimate of drug-likeness (QED) is 0.112. The first-order valence-electron chi connectivity index (χ1n) is 19.9. The zero-order chi connectivity index (χ0) is 43.5. The number of ketones is 1. The summed E-state index contributed by atoms with van der Waals surface area (Å²) in [4.78, 5) is 74.2. The first kappa shape index (κ1) is 50.0. The molecule has 4 aliphatic heterocycles. The van der Waals surface area contributed by atoms with Crippen molar-refractivity contribution in [3.05, 3.63) is 84.4 Å². The van der Waals surface area contributed by atoms with Crippen molar-refractivity contribution in [2.75, 3.05) is 90.4 Å². The zero-order valence-electron chi connectivity index (χ0n) is 35.0. The second kappa shape index (κ2) is 23.7. The number of fused-ring (bicyclic) bond motifs is 8. The third kappa shape index (κ3) is 12.5. The van der Waals surface area contributed by atoms with Gasteiger partial charge in [0.25, 0.3) is 0 Å². The van der Waals surface area contributed by atoms with Crippen molar-refractivity contribution in [2.24, 2.45) is 5.73 Å². The fourth-order valence-electron chi connectivity index (χ4n) is 7.39. The standard InChI is InChI=1S/C21H25N5O4.C16H15N5O3.C4H11NO2.2H2S/c1-30-13-15(27)5-8-18(28)16-6-7-17-20(23-16)26(14-9-11-25(17)12-14)21(29)24-19-4-2-3-10-22-19;22-15(23)11-4-5-12-14(18-11)21(10-6-8-20(12)9-10)16(24)19-13-3-1-2-7-17-13;1-7-3-4(6)2-5;;/h2-4,6-7,10,14-15,27H,5,8-9,11-13H2,1H3,(H,22,24,29);1-5,7,10H,6,8-9H2,(H,22,23)(H,17,19,24);4,6H,2-3,5H2,1H3;2*1H2/t14-,15?;10-;;;/m00.../s1. The monoisotopic (exact) mass is 909 g/mol. The number of carboxylic acid groups (broad SMARTS) is 1. The van der Waals surface area contributed by atoms with Crippen molar-refractivity contribution in [3.8, 4) is 0 Å². The number of aromatic nitrogens is 4. The Labute approximate surface area is 378 Å². The SMILES string of the molecule is COCC(O)CCC(=O)c1ccc2c(n1)N(C(=O)Nc1ccccn1)[C@H]1CCN2C1.COCC(O)CN.O=C(O)c1ccc2c(n1)N(C(=O)Nc1ccccn1)[C@H]1CCN2C1.S.S. The molecule has 0 aromatic carbocycles. The minimum atomic E-state index is -1.11. The van der Waals surface area contributed by atoms with Gasteiger partial charge in [-0.25, -0.2) is 34.3 Å². The molecular formula is C41H55N11O9S2. The van der Waals surface area contributed by atoms with Gasteiger partial charge in [-0.3, -0.25) is 25.2 Å². The predicted octanol–water partition coefficient (Wildman–Crippen LogP) is 3.06. The number of carbonyl (C=O) groups is 4. The minimum Gasteiger partial charge on any atom is -0.477 e. The summed E-state index contributed by atoms with van der Waals surface area (Å²) in [7, 11) is 3.03. The van der Waals surface area contributed by atoms with E-state index in [1.54, 1.807) is 70.7 Å². The van der Waals surface area contributed by atoms with E-state index in [1.165, 1.54) is 20.3 Å². The lowest BCUT2D eigenvalue weighted by molar-refractivity contribution is 0.0559. The number of amides is 4. The third-order valence-corrected chi connectivity index (χ3v) is 10.3. The highest BCUT2D eigenvalue weighted by Crippen LogP contribution is 2.40. The molecule has 2 saturated heterocycles. The van der Waals surface area contributed by atoms with Crippen molar-refractivity contribution in [1.82, 2.24) is 19.9 Å².